The van der Waals surface area contributed by atoms with E-state index in [-0.39, 0.29) is 19.1 Å². The number of methoxy groups -OCH3 is 1. The average Bonchev–Trinajstić information content (AvgIpc) is 3.26. The van der Waals surface area contributed by atoms with Crippen LogP contribution in [0.15, 0.2) is 40.8 Å². The highest BCUT2D eigenvalue weighted by Crippen LogP contribution is 2.42. The van der Waals surface area contributed by atoms with Crippen LogP contribution in [0.1, 0.15) is 17.9 Å². The third-order valence-corrected chi connectivity index (χ3v) is 3.92. The van der Waals surface area contributed by atoms with Gasteiger partial charge < -0.3 is 28.5 Å². The number of hydrogen-bond donors (Lipinski definition) is 0. The summed E-state index contributed by atoms with van der Waals surface area (Å²) in [7, 11) is 1.52. The number of carbonyl (C=O) groups excluding carboxylic acids is 1. The molecule has 0 saturated heterocycles. The zero-order valence-electron chi connectivity index (χ0n) is 13.9. The second kappa shape index (κ2) is 6.44. The van der Waals surface area contributed by atoms with Gasteiger partial charge >= 0.3 is 0 Å². The summed E-state index contributed by atoms with van der Waals surface area (Å²) in [5, 5.41) is 11.2. The summed E-state index contributed by atoms with van der Waals surface area (Å²) in [5.41, 5.74) is 2.27. The van der Waals surface area contributed by atoms with Gasteiger partial charge in [-0.3, -0.25) is 0 Å². The average molecular weight is 352 g/mol. The Morgan fingerprint density at radius 3 is 2.92 bits per heavy atom. The standard InChI is InChI=1S/C19H15NO6/c1-23-15-7-11(8-16-18(15)25-10-24-16)6-12(9-17(21)22)19-20-13-4-2-3-5-14(13)26-19/h2-8H,9-10H2,1H3,(H,21,22)/p-1/b12-6+. The van der Waals surface area contributed by atoms with Gasteiger partial charge in [0.25, 0.3) is 0 Å². The number of carboxylic acids is 1. The molecule has 0 N–H and O–H groups in total. The van der Waals surface area contributed by atoms with Crippen molar-refractivity contribution in [3.8, 4) is 17.2 Å². The van der Waals surface area contributed by atoms with Gasteiger partial charge in [0.2, 0.25) is 18.4 Å². The molecule has 26 heavy (non-hydrogen) atoms. The number of rotatable bonds is 5. The van der Waals surface area contributed by atoms with Crippen molar-refractivity contribution >= 4 is 28.7 Å². The highest BCUT2D eigenvalue weighted by atomic mass is 16.7. The second-order valence-corrected chi connectivity index (χ2v) is 5.66. The van der Waals surface area contributed by atoms with Gasteiger partial charge in [0.1, 0.15) is 5.52 Å². The van der Waals surface area contributed by atoms with Gasteiger partial charge in [-0.25, -0.2) is 4.98 Å². The highest BCUT2D eigenvalue weighted by Gasteiger charge is 2.20. The van der Waals surface area contributed by atoms with Crippen LogP contribution in [0.4, 0.5) is 0 Å². The Labute approximate surface area is 148 Å². The molecule has 2 heterocycles. The molecule has 0 amide bonds. The topological polar surface area (TPSA) is 93.9 Å². The number of fused-ring (bicyclic) bond motifs is 2. The fraction of sp³-hybridized carbons (Fsp3) is 0.158. The molecule has 0 bridgehead atoms. The van der Waals surface area contributed by atoms with E-state index in [9.17, 15) is 9.90 Å². The van der Waals surface area contributed by atoms with Crippen molar-refractivity contribution in [2.45, 2.75) is 6.42 Å². The third-order valence-electron chi connectivity index (χ3n) is 3.92. The molecular weight excluding hydrogens is 338 g/mol. The molecule has 0 atom stereocenters. The first-order valence-electron chi connectivity index (χ1n) is 7.88. The van der Waals surface area contributed by atoms with Crippen LogP contribution in [0.2, 0.25) is 0 Å². The first-order chi connectivity index (χ1) is 12.6. The fourth-order valence-electron chi connectivity index (χ4n) is 2.79. The van der Waals surface area contributed by atoms with Crippen LogP contribution < -0.4 is 19.3 Å². The van der Waals surface area contributed by atoms with Gasteiger partial charge in [-0.05, 0) is 35.9 Å². The predicted molar refractivity (Wildman–Crippen MR) is 90.6 cm³/mol. The van der Waals surface area contributed by atoms with E-state index in [2.05, 4.69) is 4.98 Å². The maximum Gasteiger partial charge on any atom is 0.231 e. The summed E-state index contributed by atoms with van der Waals surface area (Å²) in [6.07, 6.45) is 1.31. The van der Waals surface area contributed by atoms with Crippen LogP contribution in [0, 0.1) is 0 Å². The van der Waals surface area contributed by atoms with Crippen molar-refractivity contribution < 1.29 is 28.5 Å². The lowest BCUT2D eigenvalue weighted by molar-refractivity contribution is -0.304. The van der Waals surface area contributed by atoms with E-state index in [4.69, 9.17) is 18.6 Å². The Hall–Kier alpha value is -3.48. The van der Waals surface area contributed by atoms with E-state index >= 15 is 0 Å². The van der Waals surface area contributed by atoms with Gasteiger partial charge in [0.15, 0.2) is 17.1 Å². The van der Waals surface area contributed by atoms with Crippen molar-refractivity contribution in [2.24, 2.45) is 0 Å². The summed E-state index contributed by atoms with van der Waals surface area (Å²) in [4.78, 5) is 15.6. The maximum atomic E-state index is 11.2. The monoisotopic (exact) mass is 352 g/mol. The van der Waals surface area contributed by atoms with Crippen molar-refractivity contribution in [1.29, 1.82) is 0 Å². The van der Waals surface area contributed by atoms with Crippen molar-refractivity contribution in [3.63, 3.8) is 0 Å². The van der Waals surface area contributed by atoms with Crippen LogP contribution in [-0.4, -0.2) is 24.9 Å². The third kappa shape index (κ3) is 2.95. The zero-order valence-corrected chi connectivity index (χ0v) is 13.9. The number of para-hydroxylation sites is 2. The summed E-state index contributed by atoms with van der Waals surface area (Å²) in [5.74, 6) is 0.545. The van der Waals surface area contributed by atoms with Crippen LogP contribution in [0.5, 0.6) is 17.2 Å². The second-order valence-electron chi connectivity index (χ2n) is 5.66. The van der Waals surface area contributed by atoms with Gasteiger partial charge in [-0.1, -0.05) is 12.1 Å². The van der Waals surface area contributed by atoms with E-state index in [0.717, 1.165) is 0 Å². The number of hydrogen-bond acceptors (Lipinski definition) is 7. The maximum absolute atomic E-state index is 11.2. The molecule has 0 radical (unpaired) electrons. The molecule has 2 aromatic carbocycles. The van der Waals surface area contributed by atoms with Crippen molar-refractivity contribution in [2.75, 3.05) is 13.9 Å². The number of oxazole rings is 1. The van der Waals surface area contributed by atoms with Crippen LogP contribution >= 0.6 is 0 Å². The molecule has 0 spiro atoms. The molecule has 7 heteroatoms. The summed E-state index contributed by atoms with van der Waals surface area (Å²) < 4.78 is 21.8. The molecular formula is C19H14NO6-. The SMILES string of the molecule is COc1cc(/C=C(\CC(=O)[O-])c2nc3ccccc3o2)cc2c1OCO2. The Morgan fingerprint density at radius 1 is 1.31 bits per heavy atom. The minimum atomic E-state index is -1.23. The molecule has 1 aliphatic heterocycles. The lowest BCUT2D eigenvalue weighted by atomic mass is 10.1. The number of aliphatic carboxylic acids is 1. The van der Waals surface area contributed by atoms with Crippen LogP contribution in [0.25, 0.3) is 22.7 Å². The molecule has 3 aromatic rings. The first kappa shape index (κ1) is 16.0. The molecule has 0 fully saturated rings. The Balaban J connectivity index is 1.80. The Kier molecular flexibility index (Phi) is 3.96. The van der Waals surface area contributed by atoms with Crippen molar-refractivity contribution in [3.05, 3.63) is 47.9 Å². The first-order valence-corrected chi connectivity index (χ1v) is 7.88. The largest absolute Gasteiger partial charge is 0.550 e. The Morgan fingerprint density at radius 2 is 2.15 bits per heavy atom. The normalized spacial score (nSPS) is 13.2. The van der Waals surface area contributed by atoms with Crippen LogP contribution in [-0.2, 0) is 4.79 Å². The highest BCUT2D eigenvalue weighted by molar-refractivity contribution is 5.90. The van der Waals surface area contributed by atoms with Gasteiger partial charge in [-0.15, -0.1) is 0 Å². The predicted octanol–water partition coefficient (Wildman–Crippen LogP) is 2.25. The quantitative estimate of drug-likeness (QED) is 0.695. The van der Waals surface area contributed by atoms with E-state index in [1.54, 1.807) is 30.3 Å². The molecule has 0 unspecified atom stereocenters. The number of nitrogens with zero attached hydrogens (tertiary/aromatic N) is 1. The lowest BCUT2D eigenvalue weighted by Crippen LogP contribution is -2.22. The van der Waals surface area contributed by atoms with E-state index in [0.29, 0.717) is 39.5 Å². The smallest absolute Gasteiger partial charge is 0.231 e. The number of carbonyl (C=O) groups is 1. The molecule has 0 saturated carbocycles. The number of aromatic nitrogens is 1. The lowest BCUT2D eigenvalue weighted by Gasteiger charge is -2.08. The molecule has 7 nitrogen and oxygen atoms in total. The molecule has 0 aliphatic carbocycles. The van der Waals surface area contributed by atoms with Gasteiger partial charge in [0, 0.05) is 18.0 Å². The summed E-state index contributed by atoms with van der Waals surface area (Å²) >= 11 is 0. The van der Waals surface area contributed by atoms with Crippen LogP contribution in [0.3, 0.4) is 0 Å². The molecule has 1 aliphatic rings. The molecule has 4 rings (SSSR count). The van der Waals surface area contributed by atoms with E-state index in [1.807, 2.05) is 12.1 Å². The molecule has 132 valence electrons. The number of carboxylic acid groups (broad SMARTS) is 1. The van der Waals surface area contributed by atoms with Crippen molar-refractivity contribution in [1.82, 2.24) is 4.98 Å². The number of ether oxygens (including phenoxy) is 3. The molecule has 1 aromatic heterocycles. The Bertz CT molecular complexity index is 987. The minimum absolute atomic E-state index is 0.107. The van der Waals surface area contributed by atoms with E-state index < -0.39 is 5.97 Å². The summed E-state index contributed by atoms with van der Waals surface area (Å²) in [6, 6.07) is 10.7. The minimum Gasteiger partial charge on any atom is -0.550 e. The van der Waals surface area contributed by atoms with Gasteiger partial charge in [0.05, 0.1) is 7.11 Å². The van der Waals surface area contributed by atoms with E-state index in [1.165, 1.54) is 7.11 Å². The van der Waals surface area contributed by atoms with Gasteiger partial charge in [-0.2, -0.15) is 0 Å². The fourth-order valence-corrected chi connectivity index (χ4v) is 2.79. The number of benzene rings is 2. The summed E-state index contributed by atoms with van der Waals surface area (Å²) in [6.45, 7) is 0.107. The zero-order chi connectivity index (χ0) is 18.1.